The van der Waals surface area contributed by atoms with Crippen molar-refractivity contribution in [2.75, 3.05) is 20.6 Å². The van der Waals surface area contributed by atoms with E-state index in [9.17, 15) is 4.79 Å². The zero-order chi connectivity index (χ0) is 15.9. The van der Waals surface area contributed by atoms with E-state index >= 15 is 0 Å². The van der Waals surface area contributed by atoms with E-state index in [4.69, 9.17) is 0 Å². The number of likely N-dealkylation sites (N-methyl/N-ethyl adjacent to an activating group) is 1. The van der Waals surface area contributed by atoms with E-state index in [0.29, 0.717) is 13.0 Å². The van der Waals surface area contributed by atoms with E-state index in [0.717, 1.165) is 5.56 Å². The van der Waals surface area contributed by atoms with Gasteiger partial charge in [0.25, 0.3) is 0 Å². The van der Waals surface area contributed by atoms with Gasteiger partial charge in [-0.3, -0.25) is 4.79 Å². The van der Waals surface area contributed by atoms with Gasteiger partial charge in [0.15, 0.2) is 0 Å². The molecular formula is C19H24N2O. The first-order valence-corrected chi connectivity index (χ1v) is 7.60. The molecular weight excluding hydrogens is 272 g/mol. The number of carbonyl (C=O) groups is 1. The van der Waals surface area contributed by atoms with Gasteiger partial charge in [0, 0.05) is 6.54 Å². The topological polar surface area (TPSA) is 32.3 Å². The number of amides is 1. The fourth-order valence-corrected chi connectivity index (χ4v) is 2.44. The minimum absolute atomic E-state index is 0.0617. The third kappa shape index (κ3) is 4.71. The van der Waals surface area contributed by atoms with Crippen LogP contribution < -0.4 is 5.32 Å². The van der Waals surface area contributed by atoms with Crippen molar-refractivity contribution in [2.45, 2.75) is 19.4 Å². The molecule has 2 aromatic rings. The lowest BCUT2D eigenvalue weighted by Gasteiger charge is -2.25. The Kier molecular flexibility index (Phi) is 5.73. The molecule has 116 valence electrons. The third-order valence-electron chi connectivity index (χ3n) is 3.79. The van der Waals surface area contributed by atoms with E-state index in [1.54, 1.807) is 0 Å². The molecule has 0 saturated heterocycles. The van der Waals surface area contributed by atoms with E-state index in [-0.39, 0.29) is 11.9 Å². The maximum atomic E-state index is 12.1. The Hall–Kier alpha value is -2.13. The number of rotatable bonds is 6. The molecule has 0 saturated carbocycles. The van der Waals surface area contributed by atoms with Gasteiger partial charge in [-0.05, 0) is 32.1 Å². The Balaban J connectivity index is 1.92. The van der Waals surface area contributed by atoms with Crippen molar-refractivity contribution in [3.05, 3.63) is 71.3 Å². The highest BCUT2D eigenvalue weighted by Gasteiger charge is 2.14. The Morgan fingerprint density at radius 1 is 1.05 bits per heavy atom. The van der Waals surface area contributed by atoms with Crippen molar-refractivity contribution in [3.8, 4) is 0 Å². The predicted octanol–water partition coefficient (Wildman–Crippen LogP) is 2.96. The molecule has 2 aromatic carbocycles. The smallest absolute Gasteiger partial charge is 0.224 e. The summed E-state index contributed by atoms with van der Waals surface area (Å²) in [6.07, 6.45) is 0.426. The highest BCUT2D eigenvalue weighted by Crippen LogP contribution is 2.16. The van der Waals surface area contributed by atoms with Gasteiger partial charge in [0.2, 0.25) is 5.91 Å². The van der Waals surface area contributed by atoms with Crippen molar-refractivity contribution in [1.29, 1.82) is 0 Å². The van der Waals surface area contributed by atoms with Gasteiger partial charge in [-0.2, -0.15) is 0 Å². The molecule has 0 spiro atoms. The molecule has 1 atom stereocenters. The summed E-state index contributed by atoms with van der Waals surface area (Å²) < 4.78 is 0. The van der Waals surface area contributed by atoms with Crippen LogP contribution in [0.2, 0.25) is 0 Å². The lowest BCUT2D eigenvalue weighted by Crippen LogP contribution is -2.35. The molecule has 0 heterocycles. The summed E-state index contributed by atoms with van der Waals surface area (Å²) in [5, 5.41) is 3.05. The summed E-state index contributed by atoms with van der Waals surface area (Å²) in [4.78, 5) is 14.3. The van der Waals surface area contributed by atoms with Crippen molar-refractivity contribution in [1.82, 2.24) is 10.2 Å². The van der Waals surface area contributed by atoms with Crippen LogP contribution in [-0.2, 0) is 11.2 Å². The summed E-state index contributed by atoms with van der Waals surface area (Å²) in [7, 11) is 4.06. The first-order chi connectivity index (χ1) is 10.6. The van der Waals surface area contributed by atoms with Crippen molar-refractivity contribution >= 4 is 5.91 Å². The first-order valence-electron chi connectivity index (χ1n) is 7.60. The number of carbonyl (C=O) groups excluding carboxylic acids is 1. The highest BCUT2D eigenvalue weighted by atomic mass is 16.1. The second kappa shape index (κ2) is 7.76. The van der Waals surface area contributed by atoms with Crippen molar-refractivity contribution in [2.24, 2.45) is 0 Å². The second-order valence-electron chi connectivity index (χ2n) is 5.86. The van der Waals surface area contributed by atoms with Crippen LogP contribution in [0.1, 0.15) is 22.7 Å². The maximum Gasteiger partial charge on any atom is 0.224 e. The van der Waals surface area contributed by atoms with Gasteiger partial charge in [0.05, 0.1) is 12.5 Å². The second-order valence-corrected chi connectivity index (χ2v) is 5.86. The Morgan fingerprint density at radius 3 is 2.27 bits per heavy atom. The first kappa shape index (κ1) is 16.2. The molecule has 0 aliphatic rings. The molecule has 3 heteroatoms. The molecule has 0 aromatic heterocycles. The third-order valence-corrected chi connectivity index (χ3v) is 3.79. The van der Waals surface area contributed by atoms with Crippen LogP contribution >= 0.6 is 0 Å². The molecule has 0 radical (unpaired) electrons. The Labute approximate surface area is 133 Å². The average Bonchev–Trinajstić information content (AvgIpc) is 2.50. The Morgan fingerprint density at radius 2 is 1.68 bits per heavy atom. The number of hydrogen-bond donors (Lipinski definition) is 1. The van der Waals surface area contributed by atoms with Crippen molar-refractivity contribution < 1.29 is 4.79 Å². The normalized spacial score (nSPS) is 12.2. The molecule has 0 bridgehead atoms. The molecule has 22 heavy (non-hydrogen) atoms. The van der Waals surface area contributed by atoms with E-state index in [1.165, 1.54) is 11.1 Å². The zero-order valence-corrected chi connectivity index (χ0v) is 13.5. The van der Waals surface area contributed by atoms with E-state index < -0.39 is 0 Å². The monoisotopic (exact) mass is 296 g/mol. The van der Waals surface area contributed by atoms with Crippen molar-refractivity contribution in [3.63, 3.8) is 0 Å². The van der Waals surface area contributed by atoms with Crippen LogP contribution in [0.25, 0.3) is 0 Å². The maximum absolute atomic E-state index is 12.1. The van der Waals surface area contributed by atoms with Gasteiger partial charge in [-0.25, -0.2) is 0 Å². The number of benzene rings is 2. The summed E-state index contributed by atoms with van der Waals surface area (Å²) in [6, 6.07) is 18.5. The predicted molar refractivity (Wildman–Crippen MR) is 90.8 cm³/mol. The minimum Gasteiger partial charge on any atom is -0.354 e. The molecule has 0 aliphatic heterocycles. The highest BCUT2D eigenvalue weighted by molar-refractivity contribution is 5.78. The Bertz CT molecular complexity index is 591. The zero-order valence-electron chi connectivity index (χ0n) is 13.5. The lowest BCUT2D eigenvalue weighted by molar-refractivity contribution is -0.120. The van der Waals surface area contributed by atoms with E-state index in [1.807, 2.05) is 63.5 Å². The number of nitrogens with one attached hydrogen (secondary N) is 1. The number of hydrogen-bond acceptors (Lipinski definition) is 2. The van der Waals surface area contributed by atoms with Gasteiger partial charge < -0.3 is 10.2 Å². The van der Waals surface area contributed by atoms with Gasteiger partial charge in [-0.15, -0.1) is 0 Å². The van der Waals surface area contributed by atoms with Crippen LogP contribution in [0, 0.1) is 6.92 Å². The van der Waals surface area contributed by atoms with Gasteiger partial charge in [0.1, 0.15) is 0 Å². The summed E-state index contributed by atoms with van der Waals surface area (Å²) >= 11 is 0. The standard InChI is InChI=1S/C19H24N2O/c1-15-9-11-16(12-10-15)13-19(22)20-14-18(21(2)3)17-7-5-4-6-8-17/h4-12,18H,13-14H2,1-3H3,(H,20,22)/t18-/m0/s1. The van der Waals surface area contributed by atoms with Crippen LogP contribution in [0.5, 0.6) is 0 Å². The molecule has 1 amide bonds. The van der Waals surface area contributed by atoms with Crippen LogP contribution in [0.3, 0.4) is 0 Å². The van der Waals surface area contributed by atoms with Crippen LogP contribution in [-0.4, -0.2) is 31.4 Å². The molecule has 0 fully saturated rings. The molecule has 0 unspecified atom stereocenters. The average molecular weight is 296 g/mol. The summed E-state index contributed by atoms with van der Waals surface area (Å²) in [5.74, 6) is 0.0617. The largest absolute Gasteiger partial charge is 0.354 e. The molecule has 0 aliphatic carbocycles. The quantitative estimate of drug-likeness (QED) is 0.889. The number of aryl methyl sites for hydroxylation is 1. The molecule has 1 N–H and O–H groups in total. The van der Waals surface area contributed by atoms with E-state index in [2.05, 4.69) is 22.3 Å². The summed E-state index contributed by atoms with van der Waals surface area (Å²) in [5.41, 5.74) is 3.47. The van der Waals surface area contributed by atoms with Crippen LogP contribution in [0.4, 0.5) is 0 Å². The van der Waals surface area contributed by atoms with Crippen LogP contribution in [0.15, 0.2) is 54.6 Å². The fraction of sp³-hybridized carbons (Fsp3) is 0.316. The summed E-state index contributed by atoms with van der Waals surface area (Å²) in [6.45, 7) is 2.66. The minimum atomic E-state index is 0.0617. The van der Waals surface area contributed by atoms with Gasteiger partial charge in [-0.1, -0.05) is 60.2 Å². The fourth-order valence-electron chi connectivity index (χ4n) is 2.44. The number of nitrogens with zero attached hydrogens (tertiary/aromatic N) is 1. The van der Waals surface area contributed by atoms with Gasteiger partial charge >= 0.3 is 0 Å². The molecule has 3 nitrogen and oxygen atoms in total. The molecule has 2 rings (SSSR count). The lowest BCUT2D eigenvalue weighted by atomic mass is 10.1. The SMILES string of the molecule is Cc1ccc(CC(=O)NC[C@@H](c2ccccc2)N(C)C)cc1.